The van der Waals surface area contributed by atoms with Gasteiger partial charge in [-0.3, -0.25) is 0 Å². The Balaban J connectivity index is 2.08. The van der Waals surface area contributed by atoms with Crippen molar-refractivity contribution < 1.29 is 4.42 Å². The van der Waals surface area contributed by atoms with Crippen LogP contribution in [0.25, 0.3) is 0 Å². The first kappa shape index (κ1) is 14.7. The summed E-state index contributed by atoms with van der Waals surface area (Å²) >= 11 is 18.1. The standard InChI is InChI=1S/C13H13Cl3N2O/c1-7-5-18-11(19-7)6-17-8(2)9-3-4-10(14)13(16)12(9)15/h3-5,8,17H,6H2,1-2H3. The molecule has 6 heteroatoms. The van der Waals surface area contributed by atoms with Crippen molar-refractivity contribution in [3.05, 3.63) is 50.6 Å². The molecule has 19 heavy (non-hydrogen) atoms. The lowest BCUT2D eigenvalue weighted by atomic mass is 10.1. The van der Waals surface area contributed by atoms with Crippen LogP contribution < -0.4 is 5.32 Å². The third-order valence-corrected chi connectivity index (χ3v) is 4.07. The lowest BCUT2D eigenvalue weighted by molar-refractivity contribution is 0.432. The van der Waals surface area contributed by atoms with Gasteiger partial charge in [0.15, 0.2) is 0 Å². The van der Waals surface area contributed by atoms with Crippen LogP contribution in [0.4, 0.5) is 0 Å². The van der Waals surface area contributed by atoms with Crippen molar-refractivity contribution >= 4 is 34.8 Å². The third kappa shape index (κ3) is 3.42. The van der Waals surface area contributed by atoms with Crippen LogP contribution in [0.1, 0.15) is 30.2 Å². The average Bonchev–Trinajstić information content (AvgIpc) is 2.79. The second kappa shape index (κ2) is 6.14. The second-order valence-corrected chi connectivity index (χ2v) is 5.39. The van der Waals surface area contributed by atoms with Gasteiger partial charge in [0, 0.05) is 6.04 Å². The molecule has 0 bridgehead atoms. The number of aryl methyl sites for hydroxylation is 1. The summed E-state index contributed by atoms with van der Waals surface area (Å²) in [4.78, 5) is 4.13. The highest BCUT2D eigenvalue weighted by Gasteiger charge is 2.14. The highest BCUT2D eigenvalue weighted by molar-refractivity contribution is 6.48. The molecule has 1 aromatic heterocycles. The number of halogens is 3. The SMILES string of the molecule is Cc1cnc(CNC(C)c2ccc(Cl)c(Cl)c2Cl)o1. The zero-order valence-electron chi connectivity index (χ0n) is 10.5. The van der Waals surface area contributed by atoms with E-state index in [9.17, 15) is 0 Å². The molecular formula is C13H13Cl3N2O. The van der Waals surface area contributed by atoms with E-state index in [1.54, 1.807) is 12.3 Å². The summed E-state index contributed by atoms with van der Waals surface area (Å²) in [6.07, 6.45) is 1.69. The maximum Gasteiger partial charge on any atom is 0.208 e. The van der Waals surface area contributed by atoms with Crippen LogP contribution in [-0.2, 0) is 6.54 Å². The summed E-state index contributed by atoms with van der Waals surface area (Å²) < 4.78 is 5.39. The van der Waals surface area contributed by atoms with E-state index >= 15 is 0 Å². The molecule has 0 saturated heterocycles. The van der Waals surface area contributed by atoms with Crippen molar-refractivity contribution in [2.24, 2.45) is 0 Å². The molecule has 1 heterocycles. The normalized spacial score (nSPS) is 12.7. The first-order chi connectivity index (χ1) is 8.99. The van der Waals surface area contributed by atoms with E-state index in [0.29, 0.717) is 27.5 Å². The number of oxazole rings is 1. The summed E-state index contributed by atoms with van der Waals surface area (Å²) in [6.45, 7) is 4.36. The fourth-order valence-corrected chi connectivity index (χ4v) is 2.42. The molecular weight excluding hydrogens is 307 g/mol. The van der Waals surface area contributed by atoms with Crippen molar-refractivity contribution in [1.29, 1.82) is 0 Å². The number of hydrogen-bond acceptors (Lipinski definition) is 3. The highest BCUT2D eigenvalue weighted by Crippen LogP contribution is 2.35. The van der Waals surface area contributed by atoms with Crippen LogP contribution in [0.15, 0.2) is 22.7 Å². The van der Waals surface area contributed by atoms with E-state index in [1.165, 1.54) is 0 Å². The van der Waals surface area contributed by atoms with E-state index in [2.05, 4.69) is 10.3 Å². The third-order valence-electron chi connectivity index (χ3n) is 2.76. The van der Waals surface area contributed by atoms with Crippen molar-refractivity contribution in [3.8, 4) is 0 Å². The van der Waals surface area contributed by atoms with Crippen molar-refractivity contribution in [2.75, 3.05) is 0 Å². The van der Waals surface area contributed by atoms with Gasteiger partial charge in [-0.05, 0) is 25.5 Å². The number of nitrogens with one attached hydrogen (secondary N) is 1. The zero-order chi connectivity index (χ0) is 14.0. The van der Waals surface area contributed by atoms with Gasteiger partial charge in [-0.25, -0.2) is 4.98 Å². The van der Waals surface area contributed by atoms with Crippen LogP contribution in [0.3, 0.4) is 0 Å². The van der Waals surface area contributed by atoms with Gasteiger partial charge in [0.1, 0.15) is 5.76 Å². The summed E-state index contributed by atoms with van der Waals surface area (Å²) in [5.41, 5.74) is 0.888. The van der Waals surface area contributed by atoms with Gasteiger partial charge in [0.2, 0.25) is 5.89 Å². The molecule has 0 fully saturated rings. The minimum absolute atomic E-state index is 0.00877. The van der Waals surface area contributed by atoms with E-state index in [4.69, 9.17) is 39.2 Å². The van der Waals surface area contributed by atoms with Crippen LogP contribution in [0.2, 0.25) is 15.1 Å². The Morgan fingerprint density at radius 2 is 2.00 bits per heavy atom. The molecule has 0 amide bonds. The Hall–Kier alpha value is -0.740. The summed E-state index contributed by atoms with van der Waals surface area (Å²) in [6, 6.07) is 3.60. The molecule has 0 saturated carbocycles. The minimum atomic E-state index is 0.00877. The van der Waals surface area contributed by atoms with E-state index < -0.39 is 0 Å². The predicted octanol–water partition coefficient (Wildman–Crippen LogP) is 4.79. The molecule has 102 valence electrons. The molecule has 1 atom stereocenters. The molecule has 0 spiro atoms. The van der Waals surface area contributed by atoms with Gasteiger partial charge in [0.05, 0.1) is 27.8 Å². The minimum Gasteiger partial charge on any atom is -0.445 e. The van der Waals surface area contributed by atoms with Gasteiger partial charge in [-0.2, -0.15) is 0 Å². The maximum atomic E-state index is 6.18. The largest absolute Gasteiger partial charge is 0.445 e. The number of nitrogens with zero attached hydrogens (tertiary/aromatic N) is 1. The summed E-state index contributed by atoms with van der Waals surface area (Å²) in [7, 11) is 0. The Labute approximate surface area is 126 Å². The van der Waals surface area contributed by atoms with Crippen LogP contribution in [-0.4, -0.2) is 4.98 Å². The molecule has 3 nitrogen and oxygen atoms in total. The monoisotopic (exact) mass is 318 g/mol. The smallest absolute Gasteiger partial charge is 0.208 e. The average molecular weight is 320 g/mol. The van der Waals surface area contributed by atoms with E-state index in [1.807, 2.05) is 19.9 Å². The Bertz CT molecular complexity index is 583. The first-order valence-electron chi connectivity index (χ1n) is 5.77. The predicted molar refractivity (Wildman–Crippen MR) is 78.0 cm³/mol. The van der Waals surface area contributed by atoms with Gasteiger partial charge in [-0.1, -0.05) is 40.9 Å². The summed E-state index contributed by atoms with van der Waals surface area (Å²) in [5.74, 6) is 1.43. The van der Waals surface area contributed by atoms with Crippen LogP contribution >= 0.6 is 34.8 Å². The zero-order valence-corrected chi connectivity index (χ0v) is 12.8. The van der Waals surface area contributed by atoms with Crippen molar-refractivity contribution in [2.45, 2.75) is 26.4 Å². The summed E-state index contributed by atoms with van der Waals surface area (Å²) in [5, 5.41) is 4.57. The topological polar surface area (TPSA) is 38.1 Å². The number of benzene rings is 1. The highest BCUT2D eigenvalue weighted by atomic mass is 35.5. The number of hydrogen-bond donors (Lipinski definition) is 1. The molecule has 2 rings (SSSR count). The van der Waals surface area contributed by atoms with Gasteiger partial charge in [0.25, 0.3) is 0 Å². The lowest BCUT2D eigenvalue weighted by Crippen LogP contribution is -2.18. The Kier molecular flexibility index (Phi) is 4.74. The van der Waals surface area contributed by atoms with E-state index in [0.717, 1.165) is 11.3 Å². The first-order valence-corrected chi connectivity index (χ1v) is 6.90. The second-order valence-electron chi connectivity index (χ2n) is 4.23. The molecule has 1 N–H and O–H groups in total. The molecule has 0 aliphatic rings. The van der Waals surface area contributed by atoms with Gasteiger partial charge < -0.3 is 9.73 Å². The quantitative estimate of drug-likeness (QED) is 0.823. The molecule has 1 unspecified atom stereocenters. The Morgan fingerprint density at radius 1 is 1.26 bits per heavy atom. The molecule has 1 aromatic carbocycles. The van der Waals surface area contributed by atoms with Crippen molar-refractivity contribution in [1.82, 2.24) is 10.3 Å². The molecule has 2 aromatic rings. The van der Waals surface area contributed by atoms with Crippen LogP contribution in [0, 0.1) is 6.92 Å². The van der Waals surface area contributed by atoms with Gasteiger partial charge >= 0.3 is 0 Å². The van der Waals surface area contributed by atoms with E-state index in [-0.39, 0.29) is 6.04 Å². The fourth-order valence-electron chi connectivity index (χ4n) is 1.71. The molecule has 0 aliphatic carbocycles. The maximum absolute atomic E-state index is 6.18. The number of aromatic nitrogens is 1. The lowest BCUT2D eigenvalue weighted by Gasteiger charge is -2.15. The Morgan fingerprint density at radius 3 is 2.63 bits per heavy atom. The molecule has 0 radical (unpaired) electrons. The fraction of sp³-hybridized carbons (Fsp3) is 0.308. The molecule has 0 aliphatic heterocycles. The van der Waals surface area contributed by atoms with Crippen molar-refractivity contribution in [3.63, 3.8) is 0 Å². The van der Waals surface area contributed by atoms with Gasteiger partial charge in [-0.15, -0.1) is 0 Å². The van der Waals surface area contributed by atoms with Crippen LogP contribution in [0.5, 0.6) is 0 Å². The number of rotatable bonds is 4.